The minimum atomic E-state index is 0.206. The van der Waals surface area contributed by atoms with Crippen LogP contribution in [0.5, 0.6) is 0 Å². The zero-order valence-corrected chi connectivity index (χ0v) is 13.7. The molecule has 1 aliphatic rings. The van der Waals surface area contributed by atoms with Crippen LogP contribution in [0, 0.1) is 5.92 Å². The average molecular weight is 306 g/mol. The van der Waals surface area contributed by atoms with Gasteiger partial charge in [0, 0.05) is 31.8 Å². The lowest BCUT2D eigenvalue weighted by molar-refractivity contribution is -0.120. The van der Waals surface area contributed by atoms with Crippen LogP contribution in [0.3, 0.4) is 0 Å². The molecule has 0 saturated carbocycles. The Labute approximate surface area is 132 Å². The van der Waals surface area contributed by atoms with Crippen molar-refractivity contribution in [3.8, 4) is 0 Å². The lowest BCUT2D eigenvalue weighted by atomic mass is 10.1. The Kier molecular flexibility index (Phi) is 7.10. The van der Waals surface area contributed by atoms with Gasteiger partial charge in [-0.3, -0.25) is 9.69 Å². The number of thioether (sulfide) groups is 1. The standard InChI is InChI=1S/C17H26N2OS/c1-2-21-11-9-17(20)18-12-16-8-10-19(14-16)13-15-6-4-3-5-7-15/h3-7,16H,2,8-14H2,1H3,(H,18,20). The lowest BCUT2D eigenvalue weighted by Gasteiger charge is -2.16. The van der Waals surface area contributed by atoms with Gasteiger partial charge in [-0.2, -0.15) is 11.8 Å². The molecule has 0 spiro atoms. The number of rotatable bonds is 8. The number of carbonyl (C=O) groups excluding carboxylic acids is 1. The van der Waals surface area contributed by atoms with Gasteiger partial charge in [-0.25, -0.2) is 0 Å². The van der Waals surface area contributed by atoms with Gasteiger partial charge < -0.3 is 5.32 Å². The molecule has 1 N–H and O–H groups in total. The number of benzene rings is 1. The summed E-state index contributed by atoms with van der Waals surface area (Å²) in [5.74, 6) is 2.84. The second-order valence-electron chi connectivity index (χ2n) is 5.63. The second-order valence-corrected chi connectivity index (χ2v) is 7.02. The van der Waals surface area contributed by atoms with E-state index in [0.29, 0.717) is 12.3 Å². The first-order valence-electron chi connectivity index (χ1n) is 7.88. The van der Waals surface area contributed by atoms with Gasteiger partial charge in [0.25, 0.3) is 0 Å². The molecule has 21 heavy (non-hydrogen) atoms. The highest BCUT2D eigenvalue weighted by Crippen LogP contribution is 2.18. The maximum atomic E-state index is 11.7. The van der Waals surface area contributed by atoms with E-state index >= 15 is 0 Å². The van der Waals surface area contributed by atoms with E-state index in [1.54, 1.807) is 0 Å². The lowest BCUT2D eigenvalue weighted by Crippen LogP contribution is -2.31. The van der Waals surface area contributed by atoms with E-state index in [4.69, 9.17) is 0 Å². The van der Waals surface area contributed by atoms with Gasteiger partial charge in [0.1, 0.15) is 0 Å². The molecule has 1 unspecified atom stereocenters. The van der Waals surface area contributed by atoms with Crippen LogP contribution < -0.4 is 5.32 Å². The van der Waals surface area contributed by atoms with Crippen molar-refractivity contribution in [3.05, 3.63) is 35.9 Å². The highest BCUT2D eigenvalue weighted by molar-refractivity contribution is 7.99. The first-order chi connectivity index (χ1) is 10.3. The number of hydrogen-bond donors (Lipinski definition) is 1. The number of likely N-dealkylation sites (tertiary alicyclic amines) is 1. The summed E-state index contributed by atoms with van der Waals surface area (Å²) in [7, 11) is 0. The molecule has 0 aromatic heterocycles. The Morgan fingerprint density at radius 1 is 1.38 bits per heavy atom. The van der Waals surface area contributed by atoms with Crippen LogP contribution in [-0.2, 0) is 11.3 Å². The molecule has 1 heterocycles. The van der Waals surface area contributed by atoms with Gasteiger partial charge in [-0.1, -0.05) is 37.3 Å². The fourth-order valence-electron chi connectivity index (χ4n) is 2.72. The van der Waals surface area contributed by atoms with Crippen LogP contribution in [0.2, 0.25) is 0 Å². The van der Waals surface area contributed by atoms with Crippen molar-refractivity contribution in [1.29, 1.82) is 0 Å². The van der Waals surface area contributed by atoms with Crippen molar-refractivity contribution in [3.63, 3.8) is 0 Å². The molecule has 1 atom stereocenters. The van der Waals surface area contributed by atoms with E-state index in [9.17, 15) is 4.79 Å². The van der Waals surface area contributed by atoms with Crippen molar-refractivity contribution in [1.82, 2.24) is 10.2 Å². The largest absolute Gasteiger partial charge is 0.356 e. The van der Waals surface area contributed by atoms with E-state index in [1.807, 2.05) is 11.8 Å². The molecular weight excluding hydrogens is 280 g/mol. The number of carbonyl (C=O) groups is 1. The van der Waals surface area contributed by atoms with Crippen LogP contribution in [0.4, 0.5) is 0 Å². The summed E-state index contributed by atoms with van der Waals surface area (Å²) in [4.78, 5) is 14.2. The predicted octanol–water partition coefficient (Wildman–Crippen LogP) is 2.77. The molecule has 116 valence electrons. The van der Waals surface area contributed by atoms with E-state index in [-0.39, 0.29) is 5.91 Å². The van der Waals surface area contributed by atoms with Crippen molar-refractivity contribution in [2.24, 2.45) is 5.92 Å². The first kappa shape index (κ1) is 16.4. The quantitative estimate of drug-likeness (QED) is 0.750. The number of hydrogen-bond acceptors (Lipinski definition) is 3. The molecule has 1 aromatic carbocycles. The number of amides is 1. The Balaban J connectivity index is 1.63. The molecule has 3 nitrogen and oxygen atoms in total. The highest BCUT2D eigenvalue weighted by atomic mass is 32.2. The molecule has 1 saturated heterocycles. The van der Waals surface area contributed by atoms with Gasteiger partial charge in [0.15, 0.2) is 0 Å². The Bertz CT molecular complexity index is 424. The third kappa shape index (κ3) is 6.10. The molecule has 2 rings (SSSR count). The molecule has 4 heteroatoms. The van der Waals surface area contributed by atoms with Gasteiger partial charge >= 0.3 is 0 Å². The molecular formula is C17H26N2OS. The highest BCUT2D eigenvalue weighted by Gasteiger charge is 2.22. The smallest absolute Gasteiger partial charge is 0.220 e. The molecule has 1 amide bonds. The Morgan fingerprint density at radius 2 is 2.19 bits per heavy atom. The third-order valence-corrected chi connectivity index (χ3v) is 4.79. The molecule has 1 fully saturated rings. The van der Waals surface area contributed by atoms with Crippen LogP contribution >= 0.6 is 11.8 Å². The normalized spacial score (nSPS) is 18.8. The third-order valence-electron chi connectivity index (χ3n) is 3.88. The first-order valence-corrected chi connectivity index (χ1v) is 9.04. The van der Waals surface area contributed by atoms with E-state index in [2.05, 4.69) is 47.5 Å². The SMILES string of the molecule is CCSCCC(=O)NCC1CCN(Cc2ccccc2)C1. The Hall–Kier alpha value is -1.00. The molecule has 0 radical (unpaired) electrons. The van der Waals surface area contributed by atoms with Crippen molar-refractivity contribution in [2.45, 2.75) is 26.3 Å². The summed E-state index contributed by atoms with van der Waals surface area (Å²) in [6, 6.07) is 10.6. The molecule has 1 aromatic rings. The summed E-state index contributed by atoms with van der Waals surface area (Å²) < 4.78 is 0. The molecule has 1 aliphatic heterocycles. The summed E-state index contributed by atoms with van der Waals surface area (Å²) in [6.45, 7) is 6.22. The summed E-state index contributed by atoms with van der Waals surface area (Å²) in [5, 5.41) is 3.09. The molecule has 0 aliphatic carbocycles. The van der Waals surface area contributed by atoms with E-state index < -0.39 is 0 Å². The second kappa shape index (κ2) is 9.11. The summed E-state index contributed by atoms with van der Waals surface area (Å²) >= 11 is 1.83. The van der Waals surface area contributed by atoms with Crippen LogP contribution in [-0.4, -0.2) is 41.9 Å². The van der Waals surface area contributed by atoms with Crippen molar-refractivity contribution in [2.75, 3.05) is 31.1 Å². The van der Waals surface area contributed by atoms with Crippen LogP contribution in [0.15, 0.2) is 30.3 Å². The number of nitrogens with zero attached hydrogens (tertiary/aromatic N) is 1. The van der Waals surface area contributed by atoms with Gasteiger partial charge in [-0.15, -0.1) is 0 Å². The predicted molar refractivity (Wildman–Crippen MR) is 90.5 cm³/mol. The fraction of sp³-hybridized carbons (Fsp3) is 0.588. The van der Waals surface area contributed by atoms with Crippen LogP contribution in [0.25, 0.3) is 0 Å². The fourth-order valence-corrected chi connectivity index (χ4v) is 3.34. The Morgan fingerprint density at radius 3 is 2.95 bits per heavy atom. The number of nitrogens with one attached hydrogen (secondary N) is 1. The maximum Gasteiger partial charge on any atom is 0.220 e. The molecule has 0 bridgehead atoms. The minimum absolute atomic E-state index is 0.206. The maximum absolute atomic E-state index is 11.7. The van der Waals surface area contributed by atoms with Crippen molar-refractivity contribution >= 4 is 17.7 Å². The van der Waals surface area contributed by atoms with Crippen LogP contribution in [0.1, 0.15) is 25.3 Å². The van der Waals surface area contributed by atoms with Gasteiger partial charge in [0.05, 0.1) is 0 Å². The minimum Gasteiger partial charge on any atom is -0.356 e. The van der Waals surface area contributed by atoms with Gasteiger partial charge in [-0.05, 0) is 30.2 Å². The summed E-state index contributed by atoms with van der Waals surface area (Å²) in [6.07, 6.45) is 1.84. The van der Waals surface area contributed by atoms with E-state index in [0.717, 1.165) is 37.7 Å². The topological polar surface area (TPSA) is 32.3 Å². The average Bonchev–Trinajstić information content (AvgIpc) is 2.94. The monoisotopic (exact) mass is 306 g/mol. The summed E-state index contributed by atoms with van der Waals surface area (Å²) in [5.41, 5.74) is 1.37. The zero-order chi connectivity index (χ0) is 14.9. The zero-order valence-electron chi connectivity index (χ0n) is 12.9. The van der Waals surface area contributed by atoms with Crippen molar-refractivity contribution < 1.29 is 4.79 Å². The van der Waals surface area contributed by atoms with Gasteiger partial charge in [0.2, 0.25) is 5.91 Å². The van der Waals surface area contributed by atoms with E-state index in [1.165, 1.54) is 12.0 Å².